The fourth-order valence-corrected chi connectivity index (χ4v) is 6.74. The number of amides is 4. The standard InChI is InChI=1S/C29H43BN4O7/c1-16(2)23(34-27(38)39)26(37)33-20(12-18-10-8-7-9-11-18)25(36)32-17(3)24(35)31-15-30-40-22-14-19-13-21(28(19,4)5)29(22,6)41-30/h7-11,16-17,19-23,34H,12-15H2,1-6H3,(H,31,35)(H,32,36)(H,33,37)(H,38,39)/t17-,19-,20-,21-,22+,23-,29-/m0/s1. The van der Waals surface area contributed by atoms with Crippen LogP contribution in [0.25, 0.3) is 0 Å². The van der Waals surface area contributed by atoms with Crippen LogP contribution in [0.1, 0.15) is 59.9 Å². The number of benzene rings is 1. The number of rotatable bonds is 11. The van der Waals surface area contributed by atoms with Gasteiger partial charge in [-0.3, -0.25) is 14.4 Å². The van der Waals surface area contributed by atoms with E-state index in [1.54, 1.807) is 20.8 Å². The molecule has 11 nitrogen and oxygen atoms in total. The molecule has 1 aromatic rings. The van der Waals surface area contributed by atoms with Gasteiger partial charge in [0.1, 0.15) is 18.1 Å². The van der Waals surface area contributed by atoms with Gasteiger partial charge in [0.15, 0.2) is 0 Å². The van der Waals surface area contributed by atoms with Gasteiger partial charge in [-0.1, -0.05) is 58.0 Å². The molecule has 1 aliphatic heterocycles. The van der Waals surface area contributed by atoms with Gasteiger partial charge in [-0.05, 0) is 55.4 Å². The molecule has 1 saturated heterocycles. The van der Waals surface area contributed by atoms with Gasteiger partial charge < -0.3 is 35.7 Å². The van der Waals surface area contributed by atoms with E-state index in [4.69, 9.17) is 14.4 Å². The van der Waals surface area contributed by atoms with Crippen molar-refractivity contribution in [2.75, 3.05) is 6.44 Å². The van der Waals surface area contributed by atoms with Crippen LogP contribution in [0.4, 0.5) is 4.79 Å². The fourth-order valence-electron chi connectivity index (χ4n) is 6.74. The molecule has 5 rings (SSSR count). The summed E-state index contributed by atoms with van der Waals surface area (Å²) in [6.07, 6.45) is 1.07. The van der Waals surface area contributed by atoms with E-state index in [9.17, 15) is 19.2 Å². The van der Waals surface area contributed by atoms with Crippen LogP contribution in [0.2, 0.25) is 0 Å². The average molecular weight is 570 g/mol. The third-order valence-electron chi connectivity index (χ3n) is 9.34. The summed E-state index contributed by atoms with van der Waals surface area (Å²) in [7, 11) is -0.563. The molecule has 0 unspecified atom stereocenters. The topological polar surface area (TPSA) is 155 Å². The maximum Gasteiger partial charge on any atom is 0.478 e. The van der Waals surface area contributed by atoms with Crippen LogP contribution >= 0.6 is 0 Å². The fraction of sp³-hybridized carbons (Fsp3) is 0.655. The van der Waals surface area contributed by atoms with Gasteiger partial charge in [0, 0.05) is 6.42 Å². The Morgan fingerprint density at radius 2 is 1.66 bits per heavy atom. The van der Waals surface area contributed by atoms with Crippen molar-refractivity contribution in [3.63, 3.8) is 0 Å². The number of hydrogen-bond acceptors (Lipinski definition) is 6. The molecule has 12 heteroatoms. The van der Waals surface area contributed by atoms with Crippen LogP contribution < -0.4 is 21.3 Å². The summed E-state index contributed by atoms with van der Waals surface area (Å²) >= 11 is 0. The van der Waals surface area contributed by atoms with E-state index in [1.807, 2.05) is 30.3 Å². The first-order valence-electron chi connectivity index (χ1n) is 14.5. The van der Waals surface area contributed by atoms with Crippen molar-refractivity contribution in [1.29, 1.82) is 0 Å². The van der Waals surface area contributed by atoms with E-state index >= 15 is 0 Å². The summed E-state index contributed by atoms with van der Waals surface area (Å²) in [5.74, 6) is -0.904. The van der Waals surface area contributed by atoms with Gasteiger partial charge in [-0.15, -0.1) is 0 Å². The zero-order valence-electron chi connectivity index (χ0n) is 24.7. The molecule has 1 heterocycles. The Kier molecular flexibility index (Phi) is 9.03. The summed E-state index contributed by atoms with van der Waals surface area (Å²) in [4.78, 5) is 50.4. The van der Waals surface area contributed by atoms with Gasteiger partial charge in [0.2, 0.25) is 17.7 Å². The number of carbonyl (C=O) groups is 4. The molecule has 1 aromatic carbocycles. The van der Waals surface area contributed by atoms with Gasteiger partial charge in [0.25, 0.3) is 0 Å². The lowest BCUT2D eigenvalue weighted by Gasteiger charge is -2.64. The van der Waals surface area contributed by atoms with Crippen LogP contribution in [-0.2, 0) is 30.1 Å². The molecule has 224 valence electrons. The molecule has 7 atom stereocenters. The summed E-state index contributed by atoms with van der Waals surface area (Å²) in [6.45, 7) is 11.7. The molecular weight excluding hydrogens is 527 g/mol. The highest BCUT2D eigenvalue weighted by Gasteiger charge is 2.67. The van der Waals surface area contributed by atoms with Gasteiger partial charge in [-0.25, -0.2) is 4.79 Å². The highest BCUT2D eigenvalue weighted by Crippen LogP contribution is 2.65. The lowest BCUT2D eigenvalue weighted by molar-refractivity contribution is -0.199. The van der Waals surface area contributed by atoms with Crippen molar-refractivity contribution < 1.29 is 33.6 Å². The van der Waals surface area contributed by atoms with Crippen LogP contribution in [0.3, 0.4) is 0 Å². The molecule has 41 heavy (non-hydrogen) atoms. The van der Waals surface area contributed by atoms with Crippen molar-refractivity contribution in [3.8, 4) is 0 Å². The largest absolute Gasteiger partial charge is 0.478 e. The Labute approximate surface area is 242 Å². The summed E-state index contributed by atoms with van der Waals surface area (Å²) in [5, 5.41) is 19.5. The van der Waals surface area contributed by atoms with E-state index in [-0.39, 0.29) is 35.9 Å². The molecule has 0 radical (unpaired) electrons. The van der Waals surface area contributed by atoms with E-state index in [0.717, 1.165) is 18.4 Å². The Bertz CT molecular complexity index is 1150. The zero-order valence-corrected chi connectivity index (χ0v) is 24.7. The monoisotopic (exact) mass is 570 g/mol. The minimum Gasteiger partial charge on any atom is -0.465 e. The predicted octanol–water partition coefficient (Wildman–Crippen LogP) is 1.89. The second-order valence-electron chi connectivity index (χ2n) is 12.8. The normalized spacial score (nSPS) is 28.0. The quantitative estimate of drug-likeness (QED) is 0.255. The van der Waals surface area contributed by atoms with Crippen LogP contribution in [0.15, 0.2) is 30.3 Å². The highest BCUT2D eigenvalue weighted by molar-refractivity contribution is 6.46. The predicted molar refractivity (Wildman–Crippen MR) is 153 cm³/mol. The summed E-state index contributed by atoms with van der Waals surface area (Å²) in [6, 6.07) is 6.14. The second kappa shape index (κ2) is 12.0. The SMILES string of the molecule is CC(C)[C@H](NC(=O)O)C(=O)N[C@@H](Cc1ccccc1)C(=O)N[C@@H](C)C(=O)NCB1O[C@@H]2C[C@@H]3C[C@@H](C3(C)C)[C@]2(C)O1. The molecule has 0 aromatic heterocycles. The summed E-state index contributed by atoms with van der Waals surface area (Å²) < 4.78 is 12.5. The Morgan fingerprint density at radius 3 is 2.27 bits per heavy atom. The van der Waals surface area contributed by atoms with E-state index in [0.29, 0.717) is 11.8 Å². The number of carboxylic acid groups (broad SMARTS) is 1. The van der Waals surface area contributed by atoms with Crippen LogP contribution in [-0.4, -0.2) is 72.3 Å². The van der Waals surface area contributed by atoms with E-state index in [1.165, 1.54) is 0 Å². The highest BCUT2D eigenvalue weighted by atomic mass is 16.7. The number of nitrogens with one attached hydrogen (secondary N) is 4. The number of hydrogen-bond donors (Lipinski definition) is 5. The molecule has 0 spiro atoms. The van der Waals surface area contributed by atoms with Gasteiger partial charge in [0.05, 0.1) is 18.1 Å². The average Bonchev–Trinajstić information content (AvgIpc) is 3.26. The summed E-state index contributed by atoms with van der Waals surface area (Å²) in [5.41, 5.74) is 0.638. The molecule has 3 aliphatic carbocycles. The third-order valence-corrected chi connectivity index (χ3v) is 9.34. The second-order valence-corrected chi connectivity index (χ2v) is 12.8. The maximum atomic E-state index is 13.3. The molecule has 4 fully saturated rings. The molecule has 4 aliphatic rings. The third kappa shape index (κ3) is 6.53. The molecular formula is C29H43BN4O7. The van der Waals surface area contributed by atoms with Crippen molar-refractivity contribution in [3.05, 3.63) is 35.9 Å². The Morgan fingerprint density at radius 1 is 0.976 bits per heavy atom. The maximum absolute atomic E-state index is 13.3. The molecule has 5 N–H and O–H groups in total. The lowest BCUT2D eigenvalue weighted by atomic mass is 9.43. The minimum atomic E-state index is -1.34. The van der Waals surface area contributed by atoms with Crippen LogP contribution in [0.5, 0.6) is 0 Å². The lowest BCUT2D eigenvalue weighted by Crippen LogP contribution is -2.65. The number of carbonyl (C=O) groups excluding carboxylic acids is 3. The first-order valence-corrected chi connectivity index (χ1v) is 14.5. The zero-order chi connectivity index (χ0) is 30.1. The minimum absolute atomic E-state index is 0.00550. The Balaban J connectivity index is 1.34. The van der Waals surface area contributed by atoms with Gasteiger partial charge >= 0.3 is 13.2 Å². The van der Waals surface area contributed by atoms with Crippen molar-refractivity contribution in [1.82, 2.24) is 21.3 Å². The van der Waals surface area contributed by atoms with Crippen molar-refractivity contribution >= 4 is 30.9 Å². The first kappa shape index (κ1) is 30.8. The smallest absolute Gasteiger partial charge is 0.465 e. The van der Waals surface area contributed by atoms with Crippen LogP contribution in [0, 0.1) is 23.2 Å². The van der Waals surface area contributed by atoms with E-state index < -0.39 is 49.1 Å². The van der Waals surface area contributed by atoms with Gasteiger partial charge in [-0.2, -0.15) is 0 Å². The molecule has 2 bridgehead atoms. The first-order chi connectivity index (χ1) is 19.2. The molecule has 4 amide bonds. The molecule has 3 saturated carbocycles. The van der Waals surface area contributed by atoms with E-state index in [2.05, 4.69) is 42.0 Å². The van der Waals surface area contributed by atoms with Crippen molar-refractivity contribution in [2.24, 2.45) is 23.2 Å². The van der Waals surface area contributed by atoms with Crippen molar-refractivity contribution in [2.45, 2.75) is 90.6 Å². The Hall–Kier alpha value is -3.12.